The van der Waals surface area contributed by atoms with Gasteiger partial charge in [-0.1, -0.05) is 170 Å². The van der Waals surface area contributed by atoms with E-state index in [1.54, 1.807) is 0 Å². The van der Waals surface area contributed by atoms with Crippen LogP contribution < -0.4 is 4.74 Å². The second-order valence-electron chi connectivity index (χ2n) is 14.1. The summed E-state index contributed by atoms with van der Waals surface area (Å²) in [7, 11) is 0. The summed E-state index contributed by atoms with van der Waals surface area (Å²) >= 11 is 0. The van der Waals surface area contributed by atoms with E-state index >= 15 is 0 Å². The monoisotopic (exact) mass is 688 g/mol. The highest BCUT2D eigenvalue weighted by atomic mass is 16.5. The smallest absolute Gasteiger partial charge is 0.160 e. The number of para-hydroxylation sites is 1. The molecule has 0 saturated heterocycles. The van der Waals surface area contributed by atoms with Gasteiger partial charge in [-0.05, 0) is 68.4 Å². The molecule has 2 aliphatic rings. The Balaban J connectivity index is 1.17. The summed E-state index contributed by atoms with van der Waals surface area (Å²) in [5.41, 5.74) is 13.6. The van der Waals surface area contributed by atoms with Crippen molar-refractivity contribution in [2.24, 2.45) is 0 Å². The zero-order valence-electron chi connectivity index (χ0n) is 29.3. The molecule has 0 N–H and O–H groups in total. The summed E-state index contributed by atoms with van der Waals surface area (Å²) < 4.78 is 7.18. The van der Waals surface area contributed by atoms with E-state index in [2.05, 4.69) is 170 Å². The largest absolute Gasteiger partial charge is 0.456 e. The van der Waals surface area contributed by atoms with Gasteiger partial charge >= 0.3 is 0 Å². The Hall–Kier alpha value is -7.10. The van der Waals surface area contributed by atoms with Crippen molar-refractivity contribution < 1.29 is 4.74 Å². The zero-order chi connectivity index (χ0) is 35.6. The van der Waals surface area contributed by atoms with Crippen LogP contribution in [0.15, 0.2) is 194 Å². The van der Waals surface area contributed by atoms with Gasteiger partial charge in [-0.25, -0.2) is 9.97 Å². The fourth-order valence-corrected chi connectivity index (χ4v) is 8.72. The minimum atomic E-state index is -0.596. The number of ether oxygens (including phenoxy) is 1. The summed E-state index contributed by atoms with van der Waals surface area (Å²) in [5.74, 6) is 2.34. The first kappa shape index (κ1) is 30.5. The molecule has 2 heterocycles. The molecule has 0 radical (unpaired) electrons. The standard InChI is InChI=1S/C51H32N2O/c1-3-14-33(15-4-1)34-26-28-35(29-27-34)46-32-47(53-50(52-46)36-16-5-2-6-17-36)41-22-13-25-44-49(41)54-48-31-38-19-8-7-18-37(38)30-45(48)51(44)42-23-11-9-20-39(42)40-21-10-12-24-43(40)51/h1-32H. The summed E-state index contributed by atoms with van der Waals surface area (Å²) in [6, 6.07) is 68.9. The van der Waals surface area contributed by atoms with Crippen molar-refractivity contribution in [3.63, 3.8) is 0 Å². The predicted molar refractivity (Wildman–Crippen MR) is 219 cm³/mol. The molecule has 1 spiro atoms. The van der Waals surface area contributed by atoms with E-state index in [0.717, 1.165) is 61.7 Å². The van der Waals surface area contributed by atoms with Crippen LogP contribution in [0.25, 0.3) is 66.9 Å². The average Bonchev–Trinajstić information content (AvgIpc) is 3.54. The van der Waals surface area contributed by atoms with Crippen molar-refractivity contribution in [1.82, 2.24) is 9.97 Å². The highest BCUT2D eigenvalue weighted by molar-refractivity contribution is 5.94. The van der Waals surface area contributed by atoms with Crippen LogP contribution in [-0.2, 0) is 5.41 Å². The first-order valence-corrected chi connectivity index (χ1v) is 18.4. The van der Waals surface area contributed by atoms with Crippen LogP contribution >= 0.6 is 0 Å². The molecule has 3 nitrogen and oxygen atoms in total. The van der Waals surface area contributed by atoms with Crippen LogP contribution in [0.5, 0.6) is 11.5 Å². The molecule has 0 bridgehead atoms. The zero-order valence-corrected chi connectivity index (χ0v) is 29.3. The van der Waals surface area contributed by atoms with Crippen molar-refractivity contribution in [2.45, 2.75) is 5.41 Å². The van der Waals surface area contributed by atoms with Gasteiger partial charge in [0.05, 0.1) is 16.8 Å². The second kappa shape index (κ2) is 12.0. The molecular formula is C51H32N2O. The van der Waals surface area contributed by atoms with E-state index in [-0.39, 0.29) is 0 Å². The molecule has 8 aromatic carbocycles. The maximum absolute atomic E-state index is 7.18. The van der Waals surface area contributed by atoms with Gasteiger partial charge in [-0.2, -0.15) is 0 Å². The normalized spacial score (nSPS) is 13.1. The van der Waals surface area contributed by atoms with Gasteiger partial charge in [0.15, 0.2) is 5.82 Å². The molecule has 0 amide bonds. The summed E-state index contributed by atoms with van der Waals surface area (Å²) in [4.78, 5) is 10.5. The third-order valence-electron chi connectivity index (χ3n) is 11.2. The third kappa shape index (κ3) is 4.55. The SMILES string of the molecule is c1ccc(-c2ccc(-c3cc(-c4cccc5c4Oc4cc6ccccc6cc4C54c5ccccc5-c5ccccc54)nc(-c4ccccc4)n3)cc2)cc1. The van der Waals surface area contributed by atoms with Gasteiger partial charge in [0.25, 0.3) is 0 Å². The molecule has 9 aromatic rings. The fraction of sp³-hybridized carbons (Fsp3) is 0.0196. The van der Waals surface area contributed by atoms with Gasteiger partial charge in [-0.3, -0.25) is 0 Å². The number of hydrogen-bond donors (Lipinski definition) is 0. The number of hydrogen-bond acceptors (Lipinski definition) is 3. The Morgan fingerprint density at radius 2 is 0.870 bits per heavy atom. The Labute approximate surface area is 313 Å². The van der Waals surface area contributed by atoms with Crippen molar-refractivity contribution in [3.8, 4) is 67.7 Å². The number of fused-ring (bicyclic) bond motifs is 10. The number of benzene rings is 8. The molecular weight excluding hydrogens is 657 g/mol. The highest BCUT2D eigenvalue weighted by Gasteiger charge is 2.51. The lowest BCUT2D eigenvalue weighted by molar-refractivity contribution is 0.439. The topological polar surface area (TPSA) is 35.0 Å². The van der Waals surface area contributed by atoms with Gasteiger partial charge in [0.1, 0.15) is 11.5 Å². The van der Waals surface area contributed by atoms with Crippen LogP contribution in [0.2, 0.25) is 0 Å². The molecule has 0 atom stereocenters. The second-order valence-corrected chi connectivity index (χ2v) is 14.1. The Morgan fingerprint density at radius 3 is 1.57 bits per heavy atom. The summed E-state index contributed by atoms with van der Waals surface area (Å²) in [6.45, 7) is 0. The number of nitrogens with zero attached hydrogens (tertiary/aromatic N) is 2. The van der Waals surface area contributed by atoms with Gasteiger partial charge in [0.2, 0.25) is 0 Å². The molecule has 0 fully saturated rings. The molecule has 1 aromatic heterocycles. The molecule has 252 valence electrons. The predicted octanol–water partition coefficient (Wildman–Crippen LogP) is 12.8. The maximum Gasteiger partial charge on any atom is 0.160 e. The highest BCUT2D eigenvalue weighted by Crippen LogP contribution is 2.63. The molecule has 0 saturated carbocycles. The molecule has 1 aliphatic carbocycles. The van der Waals surface area contributed by atoms with Crippen molar-refractivity contribution in [2.75, 3.05) is 0 Å². The first-order chi connectivity index (χ1) is 26.8. The van der Waals surface area contributed by atoms with E-state index < -0.39 is 5.41 Å². The quantitative estimate of drug-likeness (QED) is 0.185. The first-order valence-electron chi connectivity index (χ1n) is 18.4. The van der Waals surface area contributed by atoms with E-state index in [1.165, 1.54) is 33.2 Å². The van der Waals surface area contributed by atoms with E-state index in [9.17, 15) is 0 Å². The van der Waals surface area contributed by atoms with E-state index in [1.807, 2.05) is 24.3 Å². The Bertz CT molecular complexity index is 2850. The van der Waals surface area contributed by atoms with Gasteiger partial charge < -0.3 is 4.74 Å². The minimum absolute atomic E-state index is 0.596. The summed E-state index contributed by atoms with van der Waals surface area (Å²) in [5, 5.41) is 2.33. The van der Waals surface area contributed by atoms with E-state index in [4.69, 9.17) is 14.7 Å². The number of rotatable bonds is 4. The van der Waals surface area contributed by atoms with E-state index in [0.29, 0.717) is 5.82 Å². The van der Waals surface area contributed by atoms with Gasteiger partial charge in [0, 0.05) is 27.8 Å². The molecule has 3 heteroatoms. The van der Waals surface area contributed by atoms with Crippen LogP contribution in [0.3, 0.4) is 0 Å². The van der Waals surface area contributed by atoms with Crippen LogP contribution in [0.1, 0.15) is 22.3 Å². The van der Waals surface area contributed by atoms with Crippen LogP contribution in [-0.4, -0.2) is 9.97 Å². The lowest BCUT2D eigenvalue weighted by atomic mass is 9.65. The minimum Gasteiger partial charge on any atom is -0.456 e. The maximum atomic E-state index is 7.18. The fourth-order valence-electron chi connectivity index (χ4n) is 8.72. The molecule has 11 rings (SSSR count). The van der Waals surface area contributed by atoms with Crippen molar-refractivity contribution in [3.05, 3.63) is 216 Å². The van der Waals surface area contributed by atoms with Crippen molar-refractivity contribution >= 4 is 10.8 Å². The van der Waals surface area contributed by atoms with Crippen LogP contribution in [0, 0.1) is 0 Å². The molecule has 0 unspecified atom stereocenters. The van der Waals surface area contributed by atoms with Crippen molar-refractivity contribution in [1.29, 1.82) is 0 Å². The number of aromatic nitrogens is 2. The van der Waals surface area contributed by atoms with Crippen LogP contribution in [0.4, 0.5) is 0 Å². The molecule has 54 heavy (non-hydrogen) atoms. The van der Waals surface area contributed by atoms with Gasteiger partial charge in [-0.15, -0.1) is 0 Å². The Morgan fingerprint density at radius 1 is 0.352 bits per heavy atom. The molecule has 1 aliphatic heterocycles. The lowest BCUT2D eigenvalue weighted by Gasteiger charge is -2.40. The third-order valence-corrected chi connectivity index (χ3v) is 11.2. The average molecular weight is 689 g/mol. The Kier molecular flexibility index (Phi) is 6.77. The lowest BCUT2D eigenvalue weighted by Crippen LogP contribution is -2.32. The summed E-state index contributed by atoms with van der Waals surface area (Å²) in [6.07, 6.45) is 0.